The molecule has 1 saturated heterocycles. The summed E-state index contributed by atoms with van der Waals surface area (Å²) < 4.78 is 11.7. The Bertz CT molecular complexity index is 539. The number of benzene rings is 1. The van der Waals surface area contributed by atoms with Crippen LogP contribution in [0.1, 0.15) is 26.7 Å². The molecule has 0 spiro atoms. The van der Waals surface area contributed by atoms with Crippen molar-refractivity contribution in [2.24, 2.45) is 0 Å². The highest BCUT2D eigenvalue weighted by Gasteiger charge is 2.27. The highest BCUT2D eigenvalue weighted by Crippen LogP contribution is 2.29. The van der Waals surface area contributed by atoms with Gasteiger partial charge in [0.05, 0.1) is 12.6 Å². The van der Waals surface area contributed by atoms with Gasteiger partial charge in [-0.1, -0.05) is 18.2 Å². The van der Waals surface area contributed by atoms with Crippen LogP contribution in [-0.2, 0) is 4.79 Å². The number of hydrogen-bond donors (Lipinski definition) is 1. The molecule has 132 valence electrons. The van der Waals surface area contributed by atoms with Crippen molar-refractivity contribution in [1.29, 1.82) is 0 Å². The van der Waals surface area contributed by atoms with Crippen LogP contribution in [0.4, 0.5) is 0 Å². The van der Waals surface area contributed by atoms with Crippen LogP contribution in [0.15, 0.2) is 36.9 Å². The molecule has 0 radical (unpaired) electrons. The molecule has 1 N–H and O–H groups in total. The molecule has 1 aliphatic rings. The molecule has 1 heterocycles. The molecule has 0 bridgehead atoms. The first-order valence-corrected chi connectivity index (χ1v) is 8.66. The Morgan fingerprint density at radius 2 is 2.04 bits per heavy atom. The quantitative estimate of drug-likeness (QED) is 0.744. The molecule has 0 unspecified atom stereocenters. The largest absolute Gasteiger partial charge is 0.490 e. The van der Waals surface area contributed by atoms with E-state index in [0.29, 0.717) is 13.2 Å². The van der Waals surface area contributed by atoms with E-state index in [0.717, 1.165) is 37.4 Å². The van der Waals surface area contributed by atoms with Gasteiger partial charge in [0.1, 0.15) is 6.10 Å². The lowest BCUT2D eigenvalue weighted by atomic mass is 10.1. The summed E-state index contributed by atoms with van der Waals surface area (Å²) >= 11 is 0. The lowest BCUT2D eigenvalue weighted by molar-refractivity contribution is -0.126. The van der Waals surface area contributed by atoms with Crippen LogP contribution in [0.25, 0.3) is 0 Å². The lowest BCUT2D eigenvalue weighted by Gasteiger charge is -2.35. The van der Waals surface area contributed by atoms with Crippen LogP contribution in [0.5, 0.6) is 11.5 Å². The Labute approximate surface area is 144 Å². The van der Waals surface area contributed by atoms with Crippen LogP contribution in [0.3, 0.4) is 0 Å². The zero-order valence-corrected chi connectivity index (χ0v) is 14.7. The third-order valence-corrected chi connectivity index (χ3v) is 4.27. The Hall–Kier alpha value is -2.01. The summed E-state index contributed by atoms with van der Waals surface area (Å²) in [7, 11) is 0. The summed E-state index contributed by atoms with van der Waals surface area (Å²) in [5.41, 5.74) is 0. The molecule has 1 aromatic carbocycles. The number of para-hydroxylation sites is 2. The first kappa shape index (κ1) is 18.3. The second kappa shape index (κ2) is 9.33. The Morgan fingerprint density at radius 3 is 2.67 bits per heavy atom. The van der Waals surface area contributed by atoms with Crippen LogP contribution < -0.4 is 14.8 Å². The lowest BCUT2D eigenvalue weighted by Crippen LogP contribution is -2.49. The average molecular weight is 332 g/mol. The number of rotatable bonds is 8. The van der Waals surface area contributed by atoms with Gasteiger partial charge in [-0.25, -0.2) is 0 Å². The van der Waals surface area contributed by atoms with Crippen molar-refractivity contribution in [1.82, 2.24) is 10.2 Å². The third kappa shape index (κ3) is 4.99. The Kier molecular flexibility index (Phi) is 7.12. The van der Waals surface area contributed by atoms with E-state index in [1.165, 1.54) is 0 Å². The van der Waals surface area contributed by atoms with Gasteiger partial charge in [-0.15, -0.1) is 6.58 Å². The SMILES string of the molecule is C=CCNC(=O)[C@@H](C)N1CCC(Oc2ccccc2OCC)CC1. The van der Waals surface area contributed by atoms with E-state index in [4.69, 9.17) is 9.47 Å². The van der Waals surface area contributed by atoms with Crippen molar-refractivity contribution in [2.45, 2.75) is 38.8 Å². The van der Waals surface area contributed by atoms with Gasteiger partial charge in [0.25, 0.3) is 0 Å². The van der Waals surface area contributed by atoms with Crippen molar-refractivity contribution in [3.63, 3.8) is 0 Å². The van der Waals surface area contributed by atoms with Crippen LogP contribution in [-0.4, -0.2) is 49.2 Å². The van der Waals surface area contributed by atoms with E-state index in [9.17, 15) is 4.79 Å². The summed E-state index contributed by atoms with van der Waals surface area (Å²) in [6.45, 7) is 10.4. The van der Waals surface area contributed by atoms with Gasteiger partial charge in [0.2, 0.25) is 5.91 Å². The highest BCUT2D eigenvalue weighted by atomic mass is 16.5. The minimum absolute atomic E-state index is 0.0518. The first-order valence-electron chi connectivity index (χ1n) is 8.66. The van der Waals surface area contributed by atoms with Gasteiger partial charge in [-0.05, 0) is 38.8 Å². The molecule has 0 aromatic heterocycles. The molecule has 24 heavy (non-hydrogen) atoms. The Morgan fingerprint density at radius 1 is 1.38 bits per heavy atom. The van der Waals surface area contributed by atoms with E-state index in [-0.39, 0.29) is 18.1 Å². The number of carbonyl (C=O) groups is 1. The van der Waals surface area contributed by atoms with Gasteiger partial charge >= 0.3 is 0 Å². The van der Waals surface area contributed by atoms with E-state index in [1.54, 1.807) is 6.08 Å². The topological polar surface area (TPSA) is 50.8 Å². The smallest absolute Gasteiger partial charge is 0.237 e. The number of likely N-dealkylation sites (tertiary alicyclic amines) is 1. The number of piperidine rings is 1. The number of nitrogens with zero attached hydrogens (tertiary/aromatic N) is 1. The maximum absolute atomic E-state index is 12.0. The van der Waals surface area contributed by atoms with Crippen molar-refractivity contribution in [3.05, 3.63) is 36.9 Å². The van der Waals surface area contributed by atoms with Gasteiger partial charge in [0, 0.05) is 19.6 Å². The zero-order chi connectivity index (χ0) is 17.4. The third-order valence-electron chi connectivity index (χ3n) is 4.27. The fourth-order valence-electron chi connectivity index (χ4n) is 2.87. The van der Waals surface area contributed by atoms with Crippen molar-refractivity contribution in [2.75, 3.05) is 26.2 Å². The van der Waals surface area contributed by atoms with Gasteiger partial charge < -0.3 is 14.8 Å². The number of nitrogens with one attached hydrogen (secondary N) is 1. The molecule has 0 saturated carbocycles. The molecular formula is C19H28N2O3. The number of carbonyl (C=O) groups excluding carboxylic acids is 1. The first-order chi connectivity index (χ1) is 11.7. The fraction of sp³-hybridized carbons (Fsp3) is 0.526. The van der Waals surface area contributed by atoms with E-state index in [1.807, 2.05) is 38.1 Å². The number of ether oxygens (including phenoxy) is 2. The van der Waals surface area contributed by atoms with Gasteiger partial charge in [-0.2, -0.15) is 0 Å². The standard InChI is InChI=1S/C19H28N2O3/c1-4-12-20-19(22)15(3)21-13-10-16(11-14-21)24-18-9-7-6-8-17(18)23-5-2/h4,6-9,15-16H,1,5,10-14H2,2-3H3,(H,20,22)/t15-/m1/s1. The molecule has 2 rings (SSSR count). The van der Waals surface area contributed by atoms with E-state index >= 15 is 0 Å². The minimum Gasteiger partial charge on any atom is -0.490 e. The van der Waals surface area contributed by atoms with Crippen LogP contribution in [0, 0.1) is 0 Å². The molecule has 5 heteroatoms. The highest BCUT2D eigenvalue weighted by molar-refractivity contribution is 5.81. The monoisotopic (exact) mass is 332 g/mol. The molecule has 0 aliphatic carbocycles. The fourth-order valence-corrected chi connectivity index (χ4v) is 2.87. The number of amides is 1. The van der Waals surface area contributed by atoms with E-state index < -0.39 is 0 Å². The summed E-state index contributed by atoms with van der Waals surface area (Å²) in [5.74, 6) is 1.64. The maximum atomic E-state index is 12.0. The average Bonchev–Trinajstić information content (AvgIpc) is 2.61. The Balaban J connectivity index is 1.84. The summed E-state index contributed by atoms with van der Waals surface area (Å²) in [4.78, 5) is 14.2. The summed E-state index contributed by atoms with van der Waals surface area (Å²) in [6, 6.07) is 7.66. The second-order valence-electron chi connectivity index (χ2n) is 5.94. The van der Waals surface area contributed by atoms with Gasteiger partial charge in [-0.3, -0.25) is 9.69 Å². The van der Waals surface area contributed by atoms with Crippen LogP contribution >= 0.6 is 0 Å². The predicted molar refractivity (Wildman–Crippen MR) is 95.5 cm³/mol. The maximum Gasteiger partial charge on any atom is 0.237 e. The van der Waals surface area contributed by atoms with Crippen molar-refractivity contribution >= 4 is 5.91 Å². The van der Waals surface area contributed by atoms with Crippen LogP contribution in [0.2, 0.25) is 0 Å². The zero-order valence-electron chi connectivity index (χ0n) is 14.7. The molecular weight excluding hydrogens is 304 g/mol. The molecule has 5 nitrogen and oxygen atoms in total. The molecule has 1 aliphatic heterocycles. The molecule has 1 atom stereocenters. The van der Waals surface area contributed by atoms with E-state index in [2.05, 4.69) is 16.8 Å². The minimum atomic E-state index is -0.124. The normalized spacial score (nSPS) is 17.1. The summed E-state index contributed by atoms with van der Waals surface area (Å²) in [5, 5.41) is 2.86. The second-order valence-corrected chi connectivity index (χ2v) is 5.94. The molecule has 1 amide bonds. The summed E-state index contributed by atoms with van der Waals surface area (Å²) in [6.07, 6.45) is 3.66. The number of hydrogen-bond acceptors (Lipinski definition) is 4. The molecule has 1 fully saturated rings. The van der Waals surface area contributed by atoms with Gasteiger partial charge in [0.15, 0.2) is 11.5 Å². The molecule has 1 aromatic rings. The predicted octanol–water partition coefficient (Wildman–Crippen LogP) is 2.62. The van der Waals surface area contributed by atoms with Crippen molar-refractivity contribution < 1.29 is 14.3 Å². The van der Waals surface area contributed by atoms with Crippen molar-refractivity contribution in [3.8, 4) is 11.5 Å².